The Kier molecular flexibility index (Phi) is 6.90. The summed E-state index contributed by atoms with van der Waals surface area (Å²) in [6, 6.07) is 11.2. The molecule has 1 heterocycles. The number of pyridine rings is 1. The van der Waals surface area contributed by atoms with Crippen molar-refractivity contribution < 1.29 is 19.4 Å². The summed E-state index contributed by atoms with van der Waals surface area (Å²) in [6.07, 6.45) is 0.458. The van der Waals surface area contributed by atoms with Crippen LogP contribution in [0, 0.1) is 13.5 Å². The van der Waals surface area contributed by atoms with Crippen LogP contribution >= 0.6 is 0 Å². The molecule has 1 aliphatic rings. The highest BCUT2D eigenvalue weighted by Gasteiger charge is 2.31. The Morgan fingerprint density at radius 1 is 1.00 bits per heavy atom. The zero-order valence-electron chi connectivity index (χ0n) is 20.1. The van der Waals surface area contributed by atoms with Crippen LogP contribution in [0.25, 0.3) is 4.85 Å². The maximum absolute atomic E-state index is 13.2. The lowest BCUT2D eigenvalue weighted by Gasteiger charge is -2.18. The summed E-state index contributed by atoms with van der Waals surface area (Å²) in [7, 11) is 0. The summed E-state index contributed by atoms with van der Waals surface area (Å²) in [5, 5.41) is 18.8. The lowest BCUT2D eigenvalue weighted by molar-refractivity contribution is 0.0744. The minimum Gasteiger partial charge on any atom is -0.503 e. The Morgan fingerprint density at radius 2 is 1.67 bits per heavy atom. The molecule has 0 saturated heterocycles. The van der Waals surface area contributed by atoms with Gasteiger partial charge in [-0.25, -0.2) is 4.85 Å². The number of rotatable bonds is 7. The summed E-state index contributed by atoms with van der Waals surface area (Å²) in [5.41, 5.74) is 0.365. The molecule has 36 heavy (non-hydrogen) atoms. The first-order valence-corrected chi connectivity index (χ1v) is 11.4. The normalized spacial score (nSPS) is 12.6. The van der Waals surface area contributed by atoms with Crippen LogP contribution in [-0.4, -0.2) is 34.0 Å². The molecule has 0 radical (unpaired) electrons. The molecule has 182 valence electrons. The standard InChI is InChI=1S/C27H24N4O5/c1-15(2)36-14-8-13-31-26(34)22(28-4)16(3)23(27(31)35)30-29-20-12-7-11-19-21(20)25(33)18-10-6-5-9-17(18)24(19)32/h5-7,9-12,15,34H,8,13-14H2,1-3H3. The monoisotopic (exact) mass is 484 g/mol. The molecule has 0 unspecified atom stereocenters. The average molecular weight is 485 g/mol. The fourth-order valence-corrected chi connectivity index (χ4v) is 4.11. The largest absolute Gasteiger partial charge is 0.503 e. The number of azo groups is 1. The van der Waals surface area contributed by atoms with Gasteiger partial charge in [0.05, 0.1) is 23.9 Å². The van der Waals surface area contributed by atoms with Gasteiger partial charge in [0.15, 0.2) is 17.4 Å². The van der Waals surface area contributed by atoms with Gasteiger partial charge in [-0.15, -0.1) is 10.2 Å². The highest BCUT2D eigenvalue weighted by molar-refractivity contribution is 6.29. The number of fused-ring (bicyclic) bond motifs is 2. The number of ketones is 2. The summed E-state index contributed by atoms with van der Waals surface area (Å²) >= 11 is 0. The van der Waals surface area contributed by atoms with Crippen LogP contribution in [0.2, 0.25) is 0 Å². The summed E-state index contributed by atoms with van der Waals surface area (Å²) in [4.78, 5) is 42.7. The molecule has 0 amide bonds. The van der Waals surface area contributed by atoms with E-state index < -0.39 is 11.4 Å². The molecule has 0 bridgehead atoms. The summed E-state index contributed by atoms with van der Waals surface area (Å²) in [5.74, 6) is -1.09. The van der Waals surface area contributed by atoms with Gasteiger partial charge in [-0.1, -0.05) is 36.4 Å². The van der Waals surface area contributed by atoms with E-state index in [1.54, 1.807) is 36.4 Å². The van der Waals surface area contributed by atoms with Gasteiger partial charge in [0.25, 0.3) is 5.56 Å². The van der Waals surface area contributed by atoms with Crippen LogP contribution in [-0.2, 0) is 11.3 Å². The fourth-order valence-electron chi connectivity index (χ4n) is 4.11. The number of hydrogen-bond donors (Lipinski definition) is 1. The Morgan fingerprint density at radius 3 is 2.33 bits per heavy atom. The van der Waals surface area contributed by atoms with Gasteiger partial charge in [0, 0.05) is 29.8 Å². The highest BCUT2D eigenvalue weighted by atomic mass is 16.5. The van der Waals surface area contributed by atoms with E-state index in [1.807, 2.05) is 13.8 Å². The quantitative estimate of drug-likeness (QED) is 0.214. The molecule has 0 atom stereocenters. The van der Waals surface area contributed by atoms with Crippen molar-refractivity contribution in [3.8, 4) is 5.88 Å². The number of aromatic nitrogens is 1. The lowest BCUT2D eigenvalue weighted by Crippen LogP contribution is -2.22. The Labute approximate surface area is 207 Å². The maximum atomic E-state index is 13.2. The van der Waals surface area contributed by atoms with Gasteiger partial charge in [0.1, 0.15) is 5.69 Å². The molecule has 0 fully saturated rings. The smallest absolute Gasteiger partial charge is 0.279 e. The first-order valence-electron chi connectivity index (χ1n) is 11.4. The number of aromatic hydroxyl groups is 1. The number of carbonyl (C=O) groups is 2. The molecule has 4 rings (SSSR count). The second kappa shape index (κ2) is 10.1. The number of benzene rings is 2. The van der Waals surface area contributed by atoms with Crippen molar-refractivity contribution in [2.45, 2.75) is 39.8 Å². The van der Waals surface area contributed by atoms with E-state index in [0.29, 0.717) is 18.6 Å². The molecule has 9 heteroatoms. The molecular weight excluding hydrogens is 460 g/mol. The van der Waals surface area contributed by atoms with E-state index in [4.69, 9.17) is 11.3 Å². The predicted octanol–water partition coefficient (Wildman–Crippen LogP) is 5.42. The number of carbonyl (C=O) groups excluding carboxylic acids is 2. The van der Waals surface area contributed by atoms with Crippen molar-refractivity contribution in [1.82, 2.24) is 4.57 Å². The fraction of sp³-hybridized carbons (Fsp3) is 0.259. The third kappa shape index (κ3) is 4.34. The van der Waals surface area contributed by atoms with E-state index in [1.165, 1.54) is 13.0 Å². The average Bonchev–Trinajstić information content (AvgIpc) is 2.86. The van der Waals surface area contributed by atoms with Crippen molar-refractivity contribution in [3.05, 3.63) is 92.1 Å². The van der Waals surface area contributed by atoms with Gasteiger partial charge in [-0.2, -0.15) is 0 Å². The van der Waals surface area contributed by atoms with Gasteiger partial charge < -0.3 is 9.84 Å². The van der Waals surface area contributed by atoms with Crippen LogP contribution in [0.4, 0.5) is 17.1 Å². The van der Waals surface area contributed by atoms with Crippen LogP contribution in [0.1, 0.15) is 57.7 Å². The number of hydrogen-bond acceptors (Lipinski definition) is 7. The Hall–Kier alpha value is -4.42. The van der Waals surface area contributed by atoms with E-state index in [0.717, 1.165) is 4.57 Å². The first-order chi connectivity index (χ1) is 17.3. The Balaban J connectivity index is 1.76. The SMILES string of the molecule is [C-]#[N+]c1c(C)c(N=Nc2cccc3c2C(=O)c2ccccc2C3=O)c(=O)n(CCCOC(C)C)c1O. The van der Waals surface area contributed by atoms with Crippen molar-refractivity contribution in [2.75, 3.05) is 6.61 Å². The predicted molar refractivity (Wildman–Crippen MR) is 133 cm³/mol. The minimum absolute atomic E-state index is 0.0230. The molecule has 3 aromatic rings. The molecule has 1 aromatic heterocycles. The third-order valence-corrected chi connectivity index (χ3v) is 5.90. The first kappa shape index (κ1) is 24.7. The van der Waals surface area contributed by atoms with Crippen molar-refractivity contribution >= 4 is 28.6 Å². The molecular formula is C27H24N4O5. The van der Waals surface area contributed by atoms with Gasteiger partial charge in [-0.05, 0) is 38.8 Å². The van der Waals surface area contributed by atoms with Crippen molar-refractivity contribution in [3.63, 3.8) is 0 Å². The van der Waals surface area contributed by atoms with Crippen molar-refractivity contribution in [2.24, 2.45) is 10.2 Å². The van der Waals surface area contributed by atoms with E-state index in [-0.39, 0.29) is 63.5 Å². The van der Waals surface area contributed by atoms with Crippen LogP contribution in [0.5, 0.6) is 5.88 Å². The molecule has 0 aliphatic heterocycles. The molecule has 1 aliphatic carbocycles. The summed E-state index contributed by atoms with van der Waals surface area (Å²) in [6.45, 7) is 13.2. The molecule has 0 saturated carbocycles. The molecule has 2 aromatic carbocycles. The van der Waals surface area contributed by atoms with E-state index in [2.05, 4.69) is 15.1 Å². The topological polar surface area (TPSA) is 115 Å². The molecule has 0 spiro atoms. The second-order valence-corrected chi connectivity index (χ2v) is 8.59. The van der Waals surface area contributed by atoms with Crippen molar-refractivity contribution in [1.29, 1.82) is 0 Å². The lowest BCUT2D eigenvalue weighted by atomic mass is 9.83. The zero-order chi connectivity index (χ0) is 26.0. The zero-order valence-corrected chi connectivity index (χ0v) is 20.1. The third-order valence-electron chi connectivity index (χ3n) is 5.90. The van der Waals surface area contributed by atoms with Crippen LogP contribution < -0.4 is 5.56 Å². The van der Waals surface area contributed by atoms with Crippen LogP contribution in [0.15, 0.2) is 57.5 Å². The van der Waals surface area contributed by atoms with Crippen LogP contribution in [0.3, 0.4) is 0 Å². The Bertz CT molecular complexity index is 1510. The molecule has 1 N–H and O–H groups in total. The molecule has 9 nitrogen and oxygen atoms in total. The summed E-state index contributed by atoms with van der Waals surface area (Å²) < 4.78 is 6.57. The minimum atomic E-state index is -0.622. The van der Waals surface area contributed by atoms with Gasteiger partial charge >= 0.3 is 0 Å². The number of nitrogens with zero attached hydrogens (tertiary/aromatic N) is 4. The van der Waals surface area contributed by atoms with E-state index in [9.17, 15) is 19.5 Å². The maximum Gasteiger partial charge on any atom is 0.279 e. The van der Waals surface area contributed by atoms with E-state index >= 15 is 0 Å². The highest BCUT2D eigenvalue weighted by Crippen LogP contribution is 2.37. The number of ether oxygens (including phenoxy) is 1. The van der Waals surface area contributed by atoms with Gasteiger partial charge in [-0.3, -0.25) is 19.0 Å². The van der Waals surface area contributed by atoms with Gasteiger partial charge in [0.2, 0.25) is 5.69 Å². The second-order valence-electron chi connectivity index (χ2n) is 8.59.